The Morgan fingerprint density at radius 2 is 1.88 bits per heavy atom. The number of amides is 1. The van der Waals surface area contributed by atoms with Gasteiger partial charge in [0.2, 0.25) is 0 Å². The zero-order valence-electron chi connectivity index (χ0n) is 15.2. The number of carbonyl (C=O) groups is 1. The zero-order chi connectivity index (χ0) is 18.4. The Labute approximate surface area is 159 Å². The number of likely N-dealkylation sites (tertiary alicyclic amines) is 1. The standard InChI is InChI=1S/C18H26ClN3O2S/c1-18(2,3)24-17(23)21-15-9-11-22(12-10-15)16(25-4)20-14-7-5-13(19)6-8-14/h5-8,15H,9-12H2,1-4H3,(H,21,23)/b20-16+. The maximum Gasteiger partial charge on any atom is 0.407 e. The third kappa shape index (κ3) is 6.78. The van der Waals surface area contributed by atoms with Gasteiger partial charge in [-0.15, -0.1) is 0 Å². The highest BCUT2D eigenvalue weighted by Gasteiger charge is 2.24. The first-order chi connectivity index (χ1) is 11.8. The fraction of sp³-hybridized carbons (Fsp3) is 0.556. The highest BCUT2D eigenvalue weighted by Crippen LogP contribution is 2.21. The van der Waals surface area contributed by atoms with E-state index in [4.69, 9.17) is 21.3 Å². The van der Waals surface area contributed by atoms with Crippen molar-refractivity contribution >= 4 is 40.3 Å². The molecule has 0 aromatic heterocycles. The monoisotopic (exact) mass is 383 g/mol. The number of nitrogens with one attached hydrogen (secondary N) is 1. The smallest absolute Gasteiger partial charge is 0.407 e. The number of carbonyl (C=O) groups excluding carboxylic acids is 1. The maximum absolute atomic E-state index is 11.9. The molecule has 0 atom stereocenters. The number of rotatable bonds is 2. The number of halogens is 1. The van der Waals surface area contributed by atoms with Crippen molar-refractivity contribution in [2.24, 2.45) is 4.99 Å². The number of hydrogen-bond donors (Lipinski definition) is 1. The molecule has 2 rings (SSSR count). The fourth-order valence-electron chi connectivity index (χ4n) is 2.56. The summed E-state index contributed by atoms with van der Waals surface area (Å²) in [5.74, 6) is 0. The van der Waals surface area contributed by atoms with Crippen molar-refractivity contribution in [2.45, 2.75) is 45.3 Å². The summed E-state index contributed by atoms with van der Waals surface area (Å²) in [6, 6.07) is 7.65. The molecule has 0 aliphatic carbocycles. The number of alkyl carbamates (subject to hydrolysis) is 1. The van der Waals surface area contributed by atoms with E-state index < -0.39 is 5.60 Å². The minimum atomic E-state index is -0.470. The Kier molecular flexibility index (Phi) is 7.02. The molecule has 0 radical (unpaired) electrons. The molecular weight excluding hydrogens is 358 g/mol. The molecule has 1 aliphatic heterocycles. The summed E-state index contributed by atoms with van der Waals surface area (Å²) in [5.41, 5.74) is 0.421. The van der Waals surface area contributed by atoms with Crippen molar-refractivity contribution in [3.63, 3.8) is 0 Å². The van der Waals surface area contributed by atoms with Crippen LogP contribution in [-0.4, -0.2) is 47.1 Å². The van der Waals surface area contributed by atoms with E-state index in [1.54, 1.807) is 11.8 Å². The third-order valence-electron chi connectivity index (χ3n) is 3.72. The van der Waals surface area contributed by atoms with Gasteiger partial charge in [-0.1, -0.05) is 23.4 Å². The maximum atomic E-state index is 11.9. The molecule has 1 N–H and O–H groups in total. The molecular formula is C18H26ClN3O2S. The zero-order valence-corrected chi connectivity index (χ0v) is 16.8. The highest BCUT2D eigenvalue weighted by atomic mass is 35.5. The summed E-state index contributed by atoms with van der Waals surface area (Å²) in [7, 11) is 0. The first-order valence-corrected chi connectivity index (χ1v) is 10.00. The van der Waals surface area contributed by atoms with Gasteiger partial charge in [-0.25, -0.2) is 9.79 Å². The van der Waals surface area contributed by atoms with Crippen LogP contribution in [0, 0.1) is 0 Å². The SMILES string of the molecule is CS/C(=N/c1ccc(Cl)cc1)N1CCC(NC(=O)OC(C)(C)C)CC1. The van der Waals surface area contributed by atoms with E-state index in [0.717, 1.165) is 36.8 Å². The molecule has 1 fully saturated rings. The Hall–Kier alpha value is -1.40. The van der Waals surface area contributed by atoms with E-state index in [1.807, 2.05) is 51.3 Å². The number of hydrogen-bond acceptors (Lipinski definition) is 4. The summed E-state index contributed by atoms with van der Waals surface area (Å²) in [5, 5.41) is 4.65. The van der Waals surface area contributed by atoms with Gasteiger partial charge in [-0.3, -0.25) is 0 Å². The van der Waals surface area contributed by atoms with Crippen molar-refractivity contribution in [1.82, 2.24) is 10.2 Å². The highest BCUT2D eigenvalue weighted by molar-refractivity contribution is 8.13. The molecule has 1 heterocycles. The second-order valence-electron chi connectivity index (χ2n) is 6.98. The lowest BCUT2D eigenvalue weighted by Gasteiger charge is -2.34. The van der Waals surface area contributed by atoms with Crippen LogP contribution < -0.4 is 5.32 Å². The summed E-state index contributed by atoms with van der Waals surface area (Å²) in [6.07, 6.45) is 3.43. The molecule has 0 spiro atoms. The van der Waals surface area contributed by atoms with E-state index in [2.05, 4.69) is 10.2 Å². The molecule has 1 aromatic carbocycles. The molecule has 1 amide bonds. The van der Waals surface area contributed by atoms with Crippen LogP contribution in [0.5, 0.6) is 0 Å². The van der Waals surface area contributed by atoms with Crippen LogP contribution >= 0.6 is 23.4 Å². The Morgan fingerprint density at radius 3 is 2.40 bits per heavy atom. The number of aliphatic imine (C=N–C) groups is 1. The van der Waals surface area contributed by atoms with Crippen LogP contribution in [0.2, 0.25) is 5.02 Å². The fourth-order valence-corrected chi connectivity index (χ4v) is 3.32. The molecule has 7 heteroatoms. The lowest BCUT2D eigenvalue weighted by atomic mass is 10.1. The number of piperidine rings is 1. The van der Waals surface area contributed by atoms with Crippen LogP contribution in [0.15, 0.2) is 29.3 Å². The van der Waals surface area contributed by atoms with Crippen LogP contribution in [-0.2, 0) is 4.74 Å². The average molecular weight is 384 g/mol. The Morgan fingerprint density at radius 1 is 1.28 bits per heavy atom. The largest absolute Gasteiger partial charge is 0.444 e. The van der Waals surface area contributed by atoms with Crippen LogP contribution in [0.25, 0.3) is 0 Å². The third-order valence-corrected chi connectivity index (χ3v) is 4.69. The number of amidine groups is 1. The summed E-state index contributed by atoms with van der Waals surface area (Å²) < 4.78 is 5.32. The molecule has 1 aromatic rings. The first kappa shape index (κ1) is 19.9. The average Bonchev–Trinajstić information content (AvgIpc) is 2.53. The minimum absolute atomic E-state index is 0.143. The van der Waals surface area contributed by atoms with Crippen LogP contribution in [0.1, 0.15) is 33.6 Å². The van der Waals surface area contributed by atoms with Gasteiger partial charge < -0.3 is 15.0 Å². The van der Waals surface area contributed by atoms with Crippen molar-refractivity contribution in [1.29, 1.82) is 0 Å². The van der Waals surface area contributed by atoms with E-state index in [1.165, 1.54) is 0 Å². The summed E-state index contributed by atoms with van der Waals surface area (Å²) in [6.45, 7) is 7.31. The van der Waals surface area contributed by atoms with E-state index >= 15 is 0 Å². The van der Waals surface area contributed by atoms with Gasteiger partial charge in [0.15, 0.2) is 5.17 Å². The molecule has 0 bridgehead atoms. The number of benzene rings is 1. The minimum Gasteiger partial charge on any atom is -0.444 e. The molecule has 138 valence electrons. The quantitative estimate of drug-likeness (QED) is 0.595. The van der Waals surface area contributed by atoms with Gasteiger partial charge >= 0.3 is 6.09 Å². The van der Waals surface area contributed by atoms with Gasteiger partial charge in [-0.2, -0.15) is 0 Å². The second-order valence-corrected chi connectivity index (χ2v) is 8.19. The Bertz CT molecular complexity index is 606. The van der Waals surface area contributed by atoms with Crippen molar-refractivity contribution in [3.8, 4) is 0 Å². The van der Waals surface area contributed by atoms with Gasteiger partial charge in [0.05, 0.1) is 5.69 Å². The molecule has 0 unspecified atom stereocenters. The number of thioether (sulfide) groups is 1. The van der Waals surface area contributed by atoms with Crippen molar-refractivity contribution in [2.75, 3.05) is 19.3 Å². The van der Waals surface area contributed by atoms with E-state index in [9.17, 15) is 4.79 Å². The topological polar surface area (TPSA) is 53.9 Å². The number of nitrogens with zero attached hydrogens (tertiary/aromatic N) is 2. The Balaban J connectivity index is 1.89. The molecule has 0 saturated carbocycles. The molecule has 1 saturated heterocycles. The lowest BCUT2D eigenvalue weighted by molar-refractivity contribution is 0.0488. The van der Waals surface area contributed by atoms with E-state index in [-0.39, 0.29) is 12.1 Å². The lowest BCUT2D eigenvalue weighted by Crippen LogP contribution is -2.47. The van der Waals surface area contributed by atoms with Crippen LogP contribution in [0.4, 0.5) is 10.5 Å². The van der Waals surface area contributed by atoms with Crippen molar-refractivity contribution in [3.05, 3.63) is 29.3 Å². The normalized spacial score (nSPS) is 16.7. The predicted octanol–water partition coefficient (Wildman–Crippen LogP) is 4.68. The van der Waals surface area contributed by atoms with Crippen LogP contribution in [0.3, 0.4) is 0 Å². The second kappa shape index (κ2) is 8.81. The summed E-state index contributed by atoms with van der Waals surface area (Å²) >= 11 is 7.55. The van der Waals surface area contributed by atoms with E-state index in [0.29, 0.717) is 5.02 Å². The molecule has 1 aliphatic rings. The molecule has 25 heavy (non-hydrogen) atoms. The molecule has 5 nitrogen and oxygen atoms in total. The predicted molar refractivity (Wildman–Crippen MR) is 106 cm³/mol. The number of ether oxygens (including phenoxy) is 1. The van der Waals surface area contributed by atoms with Gasteiger partial charge in [0.25, 0.3) is 0 Å². The van der Waals surface area contributed by atoms with Gasteiger partial charge in [-0.05, 0) is 64.1 Å². The summed E-state index contributed by atoms with van der Waals surface area (Å²) in [4.78, 5) is 18.8. The van der Waals surface area contributed by atoms with Gasteiger partial charge in [0, 0.05) is 24.2 Å². The van der Waals surface area contributed by atoms with Gasteiger partial charge in [0.1, 0.15) is 5.60 Å². The first-order valence-electron chi connectivity index (χ1n) is 8.39. The van der Waals surface area contributed by atoms with Crippen molar-refractivity contribution < 1.29 is 9.53 Å².